The fourth-order valence-electron chi connectivity index (χ4n) is 1.64. The molecule has 1 saturated heterocycles. The lowest BCUT2D eigenvalue weighted by atomic mass is 10.3. The molecule has 6 nitrogen and oxygen atoms in total. The van der Waals surface area contributed by atoms with E-state index >= 15 is 0 Å². The molecule has 6 heteroatoms. The average Bonchev–Trinajstić information content (AvgIpc) is 2.76. The highest BCUT2D eigenvalue weighted by Crippen LogP contribution is 2.08. The van der Waals surface area contributed by atoms with Crippen molar-refractivity contribution >= 4 is 11.7 Å². The first-order valence-corrected chi connectivity index (χ1v) is 5.38. The molecule has 2 N–H and O–H groups in total. The van der Waals surface area contributed by atoms with Gasteiger partial charge in [0.05, 0.1) is 13.2 Å². The number of rotatable bonds is 3. The first-order valence-electron chi connectivity index (χ1n) is 5.38. The molecule has 0 aromatic carbocycles. The third-order valence-corrected chi connectivity index (χ3v) is 2.49. The van der Waals surface area contributed by atoms with Gasteiger partial charge in [-0.1, -0.05) is 0 Å². The molecule has 0 bridgehead atoms. The number of nitrogens with two attached hydrogens (primary N) is 1. The maximum Gasteiger partial charge on any atom is 0.326 e. The van der Waals surface area contributed by atoms with Crippen LogP contribution >= 0.6 is 0 Å². The van der Waals surface area contributed by atoms with Crippen LogP contribution in [0.5, 0.6) is 0 Å². The molecule has 92 valence electrons. The van der Waals surface area contributed by atoms with Crippen LogP contribution in [-0.4, -0.2) is 29.9 Å². The van der Waals surface area contributed by atoms with Gasteiger partial charge in [-0.3, -0.25) is 9.59 Å². The van der Waals surface area contributed by atoms with Crippen LogP contribution in [0.25, 0.3) is 0 Å². The minimum absolute atomic E-state index is 0.125. The summed E-state index contributed by atoms with van der Waals surface area (Å²) >= 11 is 0. The summed E-state index contributed by atoms with van der Waals surface area (Å²) in [6.45, 7) is 0.911. The topological polar surface area (TPSA) is 83.6 Å². The molecule has 1 atom stereocenters. The van der Waals surface area contributed by atoms with E-state index in [1.165, 1.54) is 22.9 Å². The van der Waals surface area contributed by atoms with Gasteiger partial charge in [-0.2, -0.15) is 0 Å². The van der Waals surface area contributed by atoms with Gasteiger partial charge in [0, 0.05) is 24.4 Å². The van der Waals surface area contributed by atoms with E-state index in [1.54, 1.807) is 0 Å². The Morgan fingerprint density at radius 1 is 1.59 bits per heavy atom. The van der Waals surface area contributed by atoms with Gasteiger partial charge in [-0.25, -0.2) is 0 Å². The fraction of sp³-hybridized carbons (Fsp3) is 0.455. The Kier molecular flexibility index (Phi) is 3.43. The summed E-state index contributed by atoms with van der Waals surface area (Å²) in [4.78, 5) is 23.0. The quantitative estimate of drug-likeness (QED) is 0.735. The van der Waals surface area contributed by atoms with Gasteiger partial charge in [0.25, 0.3) is 5.56 Å². The molecule has 0 radical (unpaired) electrons. The largest absolute Gasteiger partial charge is 0.458 e. The maximum absolute atomic E-state index is 11.6. The van der Waals surface area contributed by atoms with Crippen LogP contribution < -0.4 is 11.3 Å². The number of hydrogen-bond acceptors (Lipinski definition) is 5. The summed E-state index contributed by atoms with van der Waals surface area (Å²) in [7, 11) is 0. The zero-order chi connectivity index (χ0) is 12.3. The molecule has 1 aromatic rings. The number of anilines is 1. The normalized spacial score (nSPS) is 19.2. The molecular weight excluding hydrogens is 224 g/mol. The zero-order valence-electron chi connectivity index (χ0n) is 9.30. The van der Waals surface area contributed by atoms with E-state index in [9.17, 15) is 9.59 Å². The molecule has 0 saturated carbocycles. The van der Waals surface area contributed by atoms with Crippen molar-refractivity contribution in [1.82, 2.24) is 4.57 Å². The van der Waals surface area contributed by atoms with Gasteiger partial charge in [-0.15, -0.1) is 0 Å². The van der Waals surface area contributed by atoms with Crippen molar-refractivity contribution in [3.05, 3.63) is 28.7 Å². The van der Waals surface area contributed by atoms with Crippen molar-refractivity contribution in [3.8, 4) is 0 Å². The molecular formula is C11H14N2O4. The third kappa shape index (κ3) is 3.07. The third-order valence-electron chi connectivity index (χ3n) is 2.49. The molecule has 2 rings (SSSR count). The monoisotopic (exact) mass is 238 g/mol. The van der Waals surface area contributed by atoms with Crippen LogP contribution in [0.15, 0.2) is 23.1 Å². The van der Waals surface area contributed by atoms with Crippen LogP contribution in [0, 0.1) is 0 Å². The smallest absolute Gasteiger partial charge is 0.326 e. The Balaban J connectivity index is 1.97. The average molecular weight is 238 g/mol. The lowest BCUT2D eigenvalue weighted by Gasteiger charge is -2.11. The van der Waals surface area contributed by atoms with Crippen molar-refractivity contribution in [2.45, 2.75) is 19.1 Å². The van der Waals surface area contributed by atoms with Gasteiger partial charge >= 0.3 is 5.97 Å². The number of ether oxygens (including phenoxy) is 2. The number of aromatic nitrogens is 1. The van der Waals surface area contributed by atoms with Crippen molar-refractivity contribution < 1.29 is 14.3 Å². The highest BCUT2D eigenvalue weighted by atomic mass is 16.6. The highest BCUT2D eigenvalue weighted by molar-refractivity contribution is 5.69. The van der Waals surface area contributed by atoms with Crippen molar-refractivity contribution in [3.63, 3.8) is 0 Å². The molecule has 1 fully saturated rings. The standard InChI is InChI=1S/C11H14N2O4/c12-8-1-2-10(14)13(5-8)6-11(15)17-9-3-4-16-7-9/h1-2,5,9H,3-4,6-7,12H2. The van der Waals surface area contributed by atoms with Crippen LogP contribution in [0.4, 0.5) is 5.69 Å². The highest BCUT2D eigenvalue weighted by Gasteiger charge is 2.20. The Morgan fingerprint density at radius 2 is 2.41 bits per heavy atom. The predicted octanol–water partition coefficient (Wildman–Crippen LogP) is -0.237. The Morgan fingerprint density at radius 3 is 3.12 bits per heavy atom. The molecule has 1 aliphatic heterocycles. The maximum atomic E-state index is 11.6. The van der Waals surface area contributed by atoms with Crippen LogP contribution in [0.3, 0.4) is 0 Å². The second-order valence-electron chi connectivity index (χ2n) is 3.90. The predicted molar refractivity (Wildman–Crippen MR) is 60.4 cm³/mol. The number of esters is 1. The van der Waals surface area contributed by atoms with Crippen molar-refractivity contribution in [1.29, 1.82) is 0 Å². The number of carbonyl (C=O) groups is 1. The second-order valence-corrected chi connectivity index (χ2v) is 3.90. The van der Waals surface area contributed by atoms with Gasteiger partial charge in [0.15, 0.2) is 0 Å². The summed E-state index contributed by atoms with van der Waals surface area (Å²) in [5.41, 5.74) is 5.69. The molecule has 2 heterocycles. The molecule has 0 spiro atoms. The molecule has 1 unspecified atom stereocenters. The van der Waals surface area contributed by atoms with Gasteiger partial charge < -0.3 is 19.8 Å². The van der Waals surface area contributed by atoms with Crippen LogP contribution in [-0.2, 0) is 20.8 Å². The molecule has 17 heavy (non-hydrogen) atoms. The number of carbonyl (C=O) groups excluding carboxylic acids is 1. The van der Waals surface area contributed by atoms with E-state index in [-0.39, 0.29) is 18.2 Å². The van der Waals surface area contributed by atoms with E-state index in [4.69, 9.17) is 15.2 Å². The molecule has 1 aliphatic rings. The van der Waals surface area contributed by atoms with E-state index in [0.717, 1.165) is 0 Å². The lowest BCUT2D eigenvalue weighted by molar-refractivity contribution is -0.149. The van der Waals surface area contributed by atoms with E-state index in [2.05, 4.69) is 0 Å². The van der Waals surface area contributed by atoms with Crippen LogP contribution in [0.1, 0.15) is 6.42 Å². The summed E-state index contributed by atoms with van der Waals surface area (Å²) in [5, 5.41) is 0. The van der Waals surface area contributed by atoms with Gasteiger partial charge in [-0.05, 0) is 6.07 Å². The summed E-state index contributed by atoms with van der Waals surface area (Å²) < 4.78 is 11.5. The Hall–Kier alpha value is -1.82. The van der Waals surface area contributed by atoms with E-state index in [1.807, 2.05) is 0 Å². The Labute approximate surface area is 97.9 Å². The summed E-state index contributed by atoms with van der Waals surface area (Å²) in [6.07, 6.45) is 1.94. The first kappa shape index (κ1) is 11.7. The van der Waals surface area contributed by atoms with E-state index in [0.29, 0.717) is 25.3 Å². The summed E-state index contributed by atoms with van der Waals surface area (Å²) in [6, 6.07) is 2.82. The lowest BCUT2D eigenvalue weighted by Crippen LogP contribution is -2.27. The SMILES string of the molecule is Nc1ccc(=O)n(CC(=O)OC2CCOC2)c1. The fourth-order valence-corrected chi connectivity index (χ4v) is 1.64. The molecule has 0 aliphatic carbocycles. The number of nitrogens with zero attached hydrogens (tertiary/aromatic N) is 1. The van der Waals surface area contributed by atoms with Crippen molar-refractivity contribution in [2.75, 3.05) is 18.9 Å². The number of nitrogen functional groups attached to an aromatic ring is 1. The number of pyridine rings is 1. The molecule has 1 aromatic heterocycles. The first-order chi connectivity index (χ1) is 8.15. The van der Waals surface area contributed by atoms with Gasteiger partial charge in [0.1, 0.15) is 12.6 Å². The van der Waals surface area contributed by atoms with Crippen LogP contribution in [0.2, 0.25) is 0 Å². The minimum Gasteiger partial charge on any atom is -0.458 e. The van der Waals surface area contributed by atoms with Gasteiger partial charge in [0.2, 0.25) is 0 Å². The minimum atomic E-state index is -0.451. The number of hydrogen-bond donors (Lipinski definition) is 1. The van der Waals surface area contributed by atoms with Crippen molar-refractivity contribution in [2.24, 2.45) is 0 Å². The molecule has 0 amide bonds. The Bertz CT molecular complexity index is 463. The second kappa shape index (κ2) is 5.01. The zero-order valence-corrected chi connectivity index (χ0v) is 9.30. The summed E-state index contributed by atoms with van der Waals surface area (Å²) in [5.74, 6) is -0.451. The van der Waals surface area contributed by atoms with E-state index < -0.39 is 5.97 Å².